The van der Waals surface area contributed by atoms with Crippen LogP contribution in [0, 0.1) is 0 Å². The Hall–Kier alpha value is -1.61. The third kappa shape index (κ3) is 1.92. The molecule has 0 amide bonds. The normalized spacial score (nSPS) is 11.7. The molecule has 2 nitrogen and oxygen atoms in total. The van der Waals surface area contributed by atoms with Crippen LogP contribution in [0.1, 0.15) is 5.56 Å². The number of carbonyl (C=O) groups is 1. The number of carbonyl (C=O) groups excluding carboxylic acids is 1. The molecule has 76 valence electrons. The molecular weight excluding hydrogens is 206 g/mol. The summed E-state index contributed by atoms with van der Waals surface area (Å²) in [5.74, 6) is 0. The number of hydrogen-bond acceptors (Lipinski definition) is 3. The molecule has 0 saturated heterocycles. The number of allylic oxidation sites excluding steroid dienone is 1. The largest absolute Gasteiger partial charge is 0.385 e. The van der Waals surface area contributed by atoms with E-state index < -0.39 is 0 Å². The zero-order valence-electron chi connectivity index (χ0n) is 8.36. The fourth-order valence-corrected chi connectivity index (χ4v) is 2.36. The van der Waals surface area contributed by atoms with Gasteiger partial charge in [-0.15, -0.1) is 11.3 Å². The number of hydrogen-bond donors (Lipinski definition) is 1. The number of nitrogens with one attached hydrogen (secondary N) is 1. The molecule has 0 spiro atoms. The Morgan fingerprint density at radius 2 is 2.20 bits per heavy atom. The second-order valence-corrected chi connectivity index (χ2v) is 4.07. The van der Waals surface area contributed by atoms with E-state index in [4.69, 9.17) is 0 Å². The number of fused-ring (bicyclic) bond motifs is 1. The van der Waals surface area contributed by atoms with Crippen LogP contribution in [-0.4, -0.2) is 13.3 Å². The third-order valence-electron chi connectivity index (χ3n) is 2.24. The number of likely N-dealkylation sites (N-methyl/N-ethyl adjacent to an activating group) is 1. The van der Waals surface area contributed by atoms with Gasteiger partial charge in [-0.2, -0.15) is 0 Å². The first-order valence-electron chi connectivity index (χ1n) is 4.66. The first-order chi connectivity index (χ1) is 7.35. The van der Waals surface area contributed by atoms with Crippen molar-refractivity contribution in [1.29, 1.82) is 0 Å². The summed E-state index contributed by atoms with van der Waals surface area (Å²) < 4.78 is 1.24. The lowest BCUT2D eigenvalue weighted by Crippen LogP contribution is -2.05. The van der Waals surface area contributed by atoms with Gasteiger partial charge in [0.2, 0.25) is 0 Å². The van der Waals surface area contributed by atoms with Crippen LogP contribution >= 0.6 is 11.3 Å². The van der Waals surface area contributed by atoms with E-state index in [-0.39, 0.29) is 0 Å². The number of thiophene rings is 1. The SMILES string of the molecule is CN/C(C=O)=C/c1csc2ccccc12. The van der Waals surface area contributed by atoms with E-state index in [1.807, 2.05) is 18.2 Å². The maximum Gasteiger partial charge on any atom is 0.165 e. The Bertz CT molecular complexity index is 513. The molecule has 1 aromatic carbocycles. The van der Waals surface area contributed by atoms with E-state index in [0.717, 1.165) is 11.8 Å². The number of benzene rings is 1. The topological polar surface area (TPSA) is 29.1 Å². The minimum atomic E-state index is 0.596. The van der Waals surface area contributed by atoms with E-state index in [1.165, 1.54) is 10.1 Å². The lowest BCUT2D eigenvalue weighted by molar-refractivity contribution is -0.105. The van der Waals surface area contributed by atoms with Crippen LogP contribution in [0.15, 0.2) is 35.3 Å². The molecule has 2 rings (SSSR count). The van der Waals surface area contributed by atoms with Crippen LogP contribution in [0.5, 0.6) is 0 Å². The van der Waals surface area contributed by atoms with Gasteiger partial charge in [0, 0.05) is 11.7 Å². The summed E-state index contributed by atoms with van der Waals surface area (Å²) >= 11 is 1.69. The van der Waals surface area contributed by atoms with E-state index in [2.05, 4.69) is 22.8 Å². The van der Waals surface area contributed by atoms with E-state index in [9.17, 15) is 4.79 Å². The second kappa shape index (κ2) is 4.28. The molecule has 3 heteroatoms. The molecule has 1 aromatic heterocycles. The Balaban J connectivity index is 2.53. The van der Waals surface area contributed by atoms with Crippen LogP contribution in [0.25, 0.3) is 16.2 Å². The van der Waals surface area contributed by atoms with Crippen molar-refractivity contribution in [3.05, 3.63) is 40.9 Å². The van der Waals surface area contributed by atoms with Crippen LogP contribution in [0.4, 0.5) is 0 Å². The highest BCUT2D eigenvalue weighted by Crippen LogP contribution is 2.26. The predicted molar refractivity (Wildman–Crippen MR) is 64.9 cm³/mol. The number of aldehydes is 1. The maximum absolute atomic E-state index is 10.7. The van der Waals surface area contributed by atoms with Crippen molar-refractivity contribution in [3.8, 4) is 0 Å². The molecule has 0 atom stereocenters. The van der Waals surface area contributed by atoms with Gasteiger partial charge in [-0.25, -0.2) is 0 Å². The fourth-order valence-electron chi connectivity index (χ4n) is 1.44. The van der Waals surface area contributed by atoms with Crippen LogP contribution in [-0.2, 0) is 4.79 Å². The smallest absolute Gasteiger partial charge is 0.165 e. The van der Waals surface area contributed by atoms with Crippen LogP contribution in [0.2, 0.25) is 0 Å². The molecule has 0 fully saturated rings. The lowest BCUT2D eigenvalue weighted by Gasteiger charge is -1.96. The van der Waals surface area contributed by atoms with Gasteiger partial charge >= 0.3 is 0 Å². The Labute approximate surface area is 92.2 Å². The standard InChI is InChI=1S/C12H11NOS/c1-13-10(7-14)6-9-8-15-12-5-3-2-4-11(9)12/h2-8,13H,1H3/b10-6+. The van der Waals surface area contributed by atoms with Crippen molar-refractivity contribution in [2.24, 2.45) is 0 Å². The fraction of sp³-hybridized carbons (Fsp3) is 0.0833. The predicted octanol–water partition coefficient (Wildman–Crippen LogP) is 2.66. The van der Waals surface area contributed by atoms with Gasteiger partial charge in [0.15, 0.2) is 6.29 Å². The molecule has 0 bridgehead atoms. The molecule has 0 aliphatic carbocycles. The molecule has 1 heterocycles. The molecule has 0 aliphatic heterocycles. The van der Waals surface area contributed by atoms with Gasteiger partial charge in [-0.1, -0.05) is 18.2 Å². The van der Waals surface area contributed by atoms with E-state index in [1.54, 1.807) is 18.4 Å². The van der Waals surface area contributed by atoms with Crippen LogP contribution < -0.4 is 5.32 Å². The molecule has 0 radical (unpaired) electrons. The number of rotatable bonds is 3. The average molecular weight is 217 g/mol. The highest BCUT2D eigenvalue weighted by atomic mass is 32.1. The summed E-state index contributed by atoms with van der Waals surface area (Å²) in [6.07, 6.45) is 2.69. The zero-order valence-corrected chi connectivity index (χ0v) is 9.17. The van der Waals surface area contributed by atoms with E-state index >= 15 is 0 Å². The summed E-state index contributed by atoms with van der Waals surface area (Å²) in [6.45, 7) is 0. The summed E-state index contributed by atoms with van der Waals surface area (Å²) in [5, 5.41) is 6.11. The van der Waals surface area contributed by atoms with E-state index in [0.29, 0.717) is 5.70 Å². The lowest BCUT2D eigenvalue weighted by atomic mass is 10.1. The van der Waals surface area contributed by atoms with Crippen molar-refractivity contribution >= 4 is 33.8 Å². The average Bonchev–Trinajstić information content (AvgIpc) is 2.69. The molecule has 0 unspecified atom stereocenters. The maximum atomic E-state index is 10.7. The summed E-state index contributed by atoms with van der Waals surface area (Å²) in [5.41, 5.74) is 1.69. The Kier molecular flexibility index (Phi) is 2.83. The summed E-state index contributed by atoms with van der Waals surface area (Å²) in [7, 11) is 1.74. The Morgan fingerprint density at radius 3 is 2.93 bits per heavy atom. The van der Waals surface area contributed by atoms with Crippen molar-refractivity contribution < 1.29 is 4.79 Å². The van der Waals surface area contributed by atoms with Crippen molar-refractivity contribution in [3.63, 3.8) is 0 Å². The zero-order chi connectivity index (χ0) is 10.7. The quantitative estimate of drug-likeness (QED) is 0.632. The van der Waals surface area contributed by atoms with Gasteiger partial charge in [0.05, 0.1) is 5.70 Å². The first kappa shape index (κ1) is 9.93. The second-order valence-electron chi connectivity index (χ2n) is 3.15. The monoisotopic (exact) mass is 217 g/mol. The van der Waals surface area contributed by atoms with Crippen LogP contribution in [0.3, 0.4) is 0 Å². The van der Waals surface area contributed by atoms with Crippen molar-refractivity contribution in [2.45, 2.75) is 0 Å². The molecular formula is C12H11NOS. The van der Waals surface area contributed by atoms with Gasteiger partial charge in [-0.3, -0.25) is 4.79 Å². The third-order valence-corrected chi connectivity index (χ3v) is 3.22. The summed E-state index contributed by atoms with van der Waals surface area (Å²) in [4.78, 5) is 10.7. The highest BCUT2D eigenvalue weighted by Gasteiger charge is 2.01. The van der Waals surface area contributed by atoms with Gasteiger partial charge in [-0.05, 0) is 28.5 Å². The van der Waals surface area contributed by atoms with Gasteiger partial charge in [0.25, 0.3) is 0 Å². The minimum absolute atomic E-state index is 0.596. The molecule has 1 N–H and O–H groups in total. The van der Waals surface area contributed by atoms with Crippen molar-refractivity contribution in [1.82, 2.24) is 5.32 Å². The molecule has 15 heavy (non-hydrogen) atoms. The van der Waals surface area contributed by atoms with Gasteiger partial charge in [0.1, 0.15) is 0 Å². The molecule has 0 aliphatic rings. The van der Waals surface area contributed by atoms with Crippen molar-refractivity contribution in [2.75, 3.05) is 7.05 Å². The molecule has 0 saturated carbocycles. The summed E-state index contributed by atoms with van der Waals surface area (Å²) in [6, 6.07) is 8.17. The minimum Gasteiger partial charge on any atom is -0.385 e. The molecule has 2 aromatic rings. The highest BCUT2D eigenvalue weighted by molar-refractivity contribution is 7.17. The Morgan fingerprint density at radius 1 is 1.40 bits per heavy atom. The van der Waals surface area contributed by atoms with Gasteiger partial charge < -0.3 is 5.32 Å². The first-order valence-corrected chi connectivity index (χ1v) is 5.54.